The quantitative estimate of drug-likeness (QED) is 0.786. The highest BCUT2D eigenvalue weighted by Crippen LogP contribution is 2.21. The van der Waals surface area contributed by atoms with E-state index in [1.54, 1.807) is 24.3 Å². The minimum absolute atomic E-state index is 0.0410. The van der Waals surface area contributed by atoms with Crippen LogP contribution in [0.3, 0.4) is 0 Å². The summed E-state index contributed by atoms with van der Waals surface area (Å²) in [5.74, 6) is -0.0260. The highest BCUT2D eigenvalue weighted by molar-refractivity contribution is 6.30. The summed E-state index contributed by atoms with van der Waals surface area (Å²) in [7, 11) is 0. The lowest BCUT2D eigenvalue weighted by atomic mass is 9.96. The van der Waals surface area contributed by atoms with Gasteiger partial charge in [0.25, 0.3) is 5.91 Å². The van der Waals surface area contributed by atoms with Crippen LogP contribution in [0.4, 0.5) is 0 Å². The van der Waals surface area contributed by atoms with Crippen LogP contribution in [0.1, 0.15) is 42.2 Å². The molecule has 4 nitrogen and oxygen atoms in total. The van der Waals surface area contributed by atoms with Gasteiger partial charge in [0.2, 0.25) is 5.91 Å². The van der Waals surface area contributed by atoms with E-state index in [4.69, 9.17) is 11.6 Å². The third-order valence-electron chi connectivity index (χ3n) is 3.89. The molecule has 25 heavy (non-hydrogen) atoms. The van der Waals surface area contributed by atoms with Gasteiger partial charge >= 0.3 is 0 Å². The van der Waals surface area contributed by atoms with Gasteiger partial charge in [-0.05, 0) is 35.7 Å². The van der Waals surface area contributed by atoms with Crippen molar-refractivity contribution in [1.82, 2.24) is 10.6 Å². The first-order chi connectivity index (χ1) is 12.0. The van der Waals surface area contributed by atoms with Gasteiger partial charge in [0.1, 0.15) is 0 Å². The first-order valence-electron chi connectivity index (χ1n) is 8.35. The average Bonchev–Trinajstić information content (AvgIpc) is 2.60. The fraction of sp³-hybridized carbons (Fsp3) is 0.300. The maximum absolute atomic E-state index is 12.2. The highest BCUT2D eigenvalue weighted by Gasteiger charge is 2.18. The molecule has 5 heteroatoms. The van der Waals surface area contributed by atoms with Crippen LogP contribution in [-0.2, 0) is 4.79 Å². The van der Waals surface area contributed by atoms with Gasteiger partial charge in [-0.3, -0.25) is 9.59 Å². The van der Waals surface area contributed by atoms with Crippen LogP contribution in [0.2, 0.25) is 5.02 Å². The van der Waals surface area contributed by atoms with Gasteiger partial charge in [-0.15, -0.1) is 0 Å². The second-order valence-electron chi connectivity index (χ2n) is 6.21. The molecule has 2 aromatic rings. The molecule has 0 heterocycles. The minimum atomic E-state index is -0.215. The molecule has 0 fully saturated rings. The Labute approximate surface area is 153 Å². The predicted octanol–water partition coefficient (Wildman–Crippen LogP) is 3.97. The van der Waals surface area contributed by atoms with Crippen molar-refractivity contribution in [3.8, 4) is 0 Å². The SMILES string of the molecule is CC(C)C(NC(=O)CCNC(=O)c1ccc(Cl)cc1)c1ccccc1. The van der Waals surface area contributed by atoms with Gasteiger partial charge in [0.15, 0.2) is 0 Å². The van der Waals surface area contributed by atoms with E-state index in [9.17, 15) is 9.59 Å². The summed E-state index contributed by atoms with van der Waals surface area (Å²) in [6.07, 6.45) is 0.232. The van der Waals surface area contributed by atoms with Crippen molar-refractivity contribution in [2.24, 2.45) is 5.92 Å². The molecule has 0 saturated carbocycles. The monoisotopic (exact) mass is 358 g/mol. The van der Waals surface area contributed by atoms with Crippen molar-refractivity contribution in [3.05, 3.63) is 70.7 Å². The number of nitrogens with one attached hydrogen (secondary N) is 2. The number of amides is 2. The topological polar surface area (TPSA) is 58.2 Å². The maximum Gasteiger partial charge on any atom is 0.251 e. The van der Waals surface area contributed by atoms with E-state index in [1.165, 1.54) is 0 Å². The summed E-state index contributed by atoms with van der Waals surface area (Å²) < 4.78 is 0. The molecule has 2 N–H and O–H groups in total. The Morgan fingerprint density at radius 1 is 1.00 bits per heavy atom. The summed E-state index contributed by atoms with van der Waals surface area (Å²) in [5, 5.41) is 6.37. The molecule has 0 spiro atoms. The van der Waals surface area contributed by atoms with Crippen molar-refractivity contribution in [2.45, 2.75) is 26.3 Å². The minimum Gasteiger partial charge on any atom is -0.352 e. The summed E-state index contributed by atoms with van der Waals surface area (Å²) in [6.45, 7) is 4.42. The van der Waals surface area contributed by atoms with E-state index in [1.807, 2.05) is 30.3 Å². The summed E-state index contributed by atoms with van der Waals surface area (Å²) in [6, 6.07) is 16.5. The molecule has 2 aromatic carbocycles. The summed E-state index contributed by atoms with van der Waals surface area (Å²) in [5.41, 5.74) is 1.60. The molecule has 0 aliphatic rings. The van der Waals surface area contributed by atoms with Gasteiger partial charge in [-0.25, -0.2) is 0 Å². The van der Waals surface area contributed by atoms with Gasteiger partial charge < -0.3 is 10.6 Å². The van der Waals surface area contributed by atoms with Crippen molar-refractivity contribution in [1.29, 1.82) is 0 Å². The molecule has 2 rings (SSSR count). The second-order valence-corrected chi connectivity index (χ2v) is 6.65. The van der Waals surface area contributed by atoms with E-state index < -0.39 is 0 Å². The number of benzene rings is 2. The lowest BCUT2D eigenvalue weighted by molar-refractivity contribution is -0.122. The van der Waals surface area contributed by atoms with Gasteiger partial charge in [-0.1, -0.05) is 55.8 Å². The number of hydrogen-bond acceptors (Lipinski definition) is 2. The van der Waals surface area contributed by atoms with E-state index in [0.29, 0.717) is 10.6 Å². The van der Waals surface area contributed by atoms with Crippen molar-refractivity contribution in [3.63, 3.8) is 0 Å². The van der Waals surface area contributed by atoms with E-state index in [2.05, 4.69) is 24.5 Å². The van der Waals surface area contributed by atoms with Gasteiger partial charge in [-0.2, -0.15) is 0 Å². The van der Waals surface area contributed by atoms with Gasteiger partial charge in [0, 0.05) is 23.6 Å². The molecular weight excluding hydrogens is 336 g/mol. The lowest BCUT2D eigenvalue weighted by Crippen LogP contribution is -2.34. The van der Waals surface area contributed by atoms with Crippen LogP contribution in [0.25, 0.3) is 0 Å². The van der Waals surface area contributed by atoms with Crippen LogP contribution < -0.4 is 10.6 Å². The first kappa shape index (κ1) is 19.0. The van der Waals surface area contributed by atoms with Crippen molar-refractivity contribution in [2.75, 3.05) is 6.54 Å². The zero-order chi connectivity index (χ0) is 18.2. The number of carbonyl (C=O) groups excluding carboxylic acids is 2. The predicted molar refractivity (Wildman–Crippen MR) is 101 cm³/mol. The Morgan fingerprint density at radius 2 is 1.64 bits per heavy atom. The number of hydrogen-bond donors (Lipinski definition) is 2. The molecular formula is C20H23ClN2O2. The number of rotatable bonds is 7. The summed E-state index contributed by atoms with van der Waals surface area (Å²) in [4.78, 5) is 24.2. The third-order valence-corrected chi connectivity index (χ3v) is 4.14. The third kappa shape index (κ3) is 5.91. The molecule has 0 aliphatic heterocycles. The van der Waals surface area contributed by atoms with Crippen molar-refractivity contribution < 1.29 is 9.59 Å². The first-order valence-corrected chi connectivity index (χ1v) is 8.73. The zero-order valence-electron chi connectivity index (χ0n) is 14.5. The molecule has 0 aliphatic carbocycles. The Morgan fingerprint density at radius 3 is 2.24 bits per heavy atom. The molecule has 0 radical (unpaired) electrons. The molecule has 2 amide bonds. The van der Waals surface area contributed by atoms with Gasteiger partial charge in [0.05, 0.1) is 6.04 Å². The molecule has 132 valence electrons. The Hall–Kier alpha value is -2.33. The largest absolute Gasteiger partial charge is 0.352 e. The Kier molecular flexibility index (Phi) is 7.02. The van der Waals surface area contributed by atoms with Crippen molar-refractivity contribution >= 4 is 23.4 Å². The van der Waals surface area contributed by atoms with E-state index in [-0.39, 0.29) is 36.7 Å². The van der Waals surface area contributed by atoms with Crippen LogP contribution >= 0.6 is 11.6 Å². The average molecular weight is 359 g/mol. The number of carbonyl (C=O) groups is 2. The fourth-order valence-electron chi connectivity index (χ4n) is 2.53. The normalized spacial score (nSPS) is 11.8. The molecule has 1 unspecified atom stereocenters. The Balaban J connectivity index is 1.83. The Bertz CT molecular complexity index is 699. The van der Waals surface area contributed by atoms with Crippen LogP contribution in [-0.4, -0.2) is 18.4 Å². The molecule has 0 aromatic heterocycles. The summed E-state index contributed by atoms with van der Waals surface area (Å²) >= 11 is 5.80. The molecule has 1 atom stereocenters. The molecule has 0 bridgehead atoms. The van der Waals surface area contributed by atoms with Crippen LogP contribution in [0.15, 0.2) is 54.6 Å². The lowest BCUT2D eigenvalue weighted by Gasteiger charge is -2.23. The highest BCUT2D eigenvalue weighted by atomic mass is 35.5. The standard InChI is InChI=1S/C20H23ClN2O2/c1-14(2)19(15-6-4-3-5-7-15)23-18(24)12-13-22-20(25)16-8-10-17(21)11-9-16/h3-11,14,19H,12-13H2,1-2H3,(H,22,25)(H,23,24). The maximum atomic E-state index is 12.2. The van der Waals surface area contributed by atoms with Crippen LogP contribution in [0, 0.1) is 5.92 Å². The van der Waals surface area contributed by atoms with Crippen LogP contribution in [0.5, 0.6) is 0 Å². The fourth-order valence-corrected chi connectivity index (χ4v) is 2.66. The smallest absolute Gasteiger partial charge is 0.251 e. The van der Waals surface area contributed by atoms with E-state index >= 15 is 0 Å². The molecule has 0 saturated heterocycles. The van der Waals surface area contributed by atoms with E-state index in [0.717, 1.165) is 5.56 Å². The number of halogens is 1. The zero-order valence-corrected chi connectivity index (χ0v) is 15.2. The second kappa shape index (κ2) is 9.23.